The first kappa shape index (κ1) is 28.1. The van der Waals surface area contributed by atoms with E-state index in [0.717, 1.165) is 36.3 Å². The van der Waals surface area contributed by atoms with Crippen LogP contribution in [0.1, 0.15) is 28.0 Å². The molecule has 0 spiro atoms. The van der Waals surface area contributed by atoms with Crippen molar-refractivity contribution >= 4 is 17.3 Å². The Balaban J connectivity index is 1.41. The van der Waals surface area contributed by atoms with Crippen molar-refractivity contribution in [3.05, 3.63) is 65.6 Å². The third-order valence-corrected chi connectivity index (χ3v) is 7.19. The summed E-state index contributed by atoms with van der Waals surface area (Å²) in [5.74, 6) is -0.881. The minimum Gasteiger partial charge on any atom is -0.406 e. The minimum absolute atomic E-state index is 0.196. The van der Waals surface area contributed by atoms with E-state index in [9.17, 15) is 18.0 Å². The molecule has 0 bridgehead atoms. The molecule has 1 amide bonds. The lowest BCUT2D eigenvalue weighted by Crippen LogP contribution is -2.29. The fraction of sp³-hybridized carbons (Fsp3) is 0.357. The number of nitrogens with one attached hydrogen (secondary N) is 1. The normalized spacial score (nSPS) is 14.7. The van der Waals surface area contributed by atoms with Crippen molar-refractivity contribution in [3.63, 3.8) is 0 Å². The number of aryl methyl sites for hydroxylation is 2. The molecule has 0 atom stereocenters. The van der Waals surface area contributed by atoms with Gasteiger partial charge in [0.05, 0.1) is 18.1 Å². The number of carbonyl (C=O) groups excluding carboxylic acids is 1. The summed E-state index contributed by atoms with van der Waals surface area (Å²) in [6, 6.07) is 9.29. The van der Waals surface area contributed by atoms with E-state index < -0.39 is 18.0 Å². The fourth-order valence-electron chi connectivity index (χ4n) is 4.79. The molecule has 0 unspecified atom stereocenters. The molecule has 1 aliphatic heterocycles. The Morgan fingerprint density at radius 3 is 2.56 bits per heavy atom. The number of nitrogens with zero attached hydrogens (tertiary/aromatic N) is 7. The average Bonchev–Trinajstić information content (AvgIpc) is 3.44. The smallest absolute Gasteiger partial charge is 0.406 e. The molecule has 2 aromatic carbocycles. The van der Waals surface area contributed by atoms with Gasteiger partial charge in [-0.05, 0) is 57.6 Å². The highest BCUT2D eigenvalue weighted by Crippen LogP contribution is 2.32. The highest BCUT2D eigenvalue weighted by molar-refractivity contribution is 6.05. The zero-order valence-electron chi connectivity index (χ0n) is 23.2. The Morgan fingerprint density at radius 1 is 1.02 bits per heavy atom. The Hall–Kier alpha value is -4.39. The van der Waals surface area contributed by atoms with E-state index in [1.165, 1.54) is 12.1 Å². The van der Waals surface area contributed by atoms with Crippen molar-refractivity contribution < 1.29 is 22.7 Å². The molecule has 13 heteroatoms. The number of hydrogen-bond donors (Lipinski definition) is 1. The van der Waals surface area contributed by atoms with Crippen LogP contribution in [0.3, 0.4) is 0 Å². The van der Waals surface area contributed by atoms with Crippen molar-refractivity contribution in [2.24, 2.45) is 7.05 Å². The van der Waals surface area contributed by atoms with Crippen LogP contribution < -0.4 is 15.0 Å². The van der Waals surface area contributed by atoms with Gasteiger partial charge < -0.3 is 19.9 Å². The topological polar surface area (TPSA) is 93.3 Å². The number of likely N-dealkylation sites (N-methyl/N-ethyl adjacent to an activating group) is 1. The van der Waals surface area contributed by atoms with Gasteiger partial charge in [-0.25, -0.2) is 4.68 Å². The van der Waals surface area contributed by atoms with E-state index in [4.69, 9.17) is 0 Å². The highest BCUT2D eigenvalue weighted by atomic mass is 19.4. The number of anilines is 2. The summed E-state index contributed by atoms with van der Waals surface area (Å²) in [5.41, 5.74) is 4.96. The number of carbonyl (C=O) groups is 1. The number of rotatable bonds is 6. The number of benzene rings is 2. The fourth-order valence-corrected chi connectivity index (χ4v) is 4.79. The van der Waals surface area contributed by atoms with Crippen LogP contribution in [-0.2, 0) is 7.05 Å². The SMILES string of the molecule is Cc1ccc(C(=O)Nc2cc(OC(F)(F)F)cc(N3CCCN(C)CC3)c2)cc1-n1cc(-c2cnn(C)c2C)nn1. The van der Waals surface area contributed by atoms with E-state index in [1.54, 1.807) is 46.0 Å². The molecule has 10 nitrogen and oxygen atoms in total. The molecule has 0 radical (unpaired) electrons. The first-order valence-electron chi connectivity index (χ1n) is 13.1. The van der Waals surface area contributed by atoms with Crippen molar-refractivity contribution in [1.82, 2.24) is 29.7 Å². The van der Waals surface area contributed by atoms with E-state index in [1.807, 2.05) is 32.8 Å². The Bertz CT molecular complexity index is 1560. The minimum atomic E-state index is -4.87. The maximum atomic E-state index is 13.3. The summed E-state index contributed by atoms with van der Waals surface area (Å²) in [6.07, 6.45) is -0.527. The Labute approximate surface area is 235 Å². The molecule has 2 aromatic heterocycles. The van der Waals surface area contributed by atoms with Crippen molar-refractivity contribution in [2.75, 3.05) is 43.4 Å². The van der Waals surface area contributed by atoms with Crippen LogP contribution in [0.4, 0.5) is 24.5 Å². The second-order valence-corrected chi connectivity index (χ2v) is 10.2. The number of halogens is 3. The predicted octanol–water partition coefficient (Wildman–Crippen LogP) is 4.58. The Kier molecular flexibility index (Phi) is 7.72. The quantitative estimate of drug-likeness (QED) is 0.364. The van der Waals surface area contributed by atoms with E-state index in [2.05, 4.69) is 30.4 Å². The van der Waals surface area contributed by atoms with E-state index >= 15 is 0 Å². The van der Waals surface area contributed by atoms with E-state index in [0.29, 0.717) is 35.7 Å². The number of amides is 1. The zero-order valence-corrected chi connectivity index (χ0v) is 23.2. The van der Waals surface area contributed by atoms with Crippen LogP contribution in [-0.4, -0.2) is 75.2 Å². The van der Waals surface area contributed by atoms with Gasteiger partial charge in [-0.2, -0.15) is 5.10 Å². The van der Waals surface area contributed by atoms with Crippen molar-refractivity contribution in [2.45, 2.75) is 26.6 Å². The first-order valence-corrected chi connectivity index (χ1v) is 13.1. The van der Waals surface area contributed by atoms with Gasteiger partial charge in [0.2, 0.25) is 0 Å². The maximum Gasteiger partial charge on any atom is 0.573 e. The van der Waals surface area contributed by atoms with Crippen LogP contribution >= 0.6 is 0 Å². The van der Waals surface area contributed by atoms with Crippen LogP contribution in [0.25, 0.3) is 16.9 Å². The standard InChI is InChI=1S/C28H31F3N8O2/c1-18-6-7-20(12-26(18)39-17-25(34-35-39)24-16-32-37(4)19(24)2)27(40)33-21-13-22(15-23(14-21)41-28(29,30)31)38-9-5-8-36(3)10-11-38/h6-7,12-17H,5,8-11H2,1-4H3,(H,33,40). The number of hydrogen-bond acceptors (Lipinski definition) is 7. The lowest BCUT2D eigenvalue weighted by Gasteiger charge is -2.24. The molecular weight excluding hydrogens is 537 g/mol. The molecule has 41 heavy (non-hydrogen) atoms. The van der Waals surface area contributed by atoms with E-state index in [-0.39, 0.29) is 5.69 Å². The van der Waals surface area contributed by atoms with Gasteiger partial charge in [-0.1, -0.05) is 11.3 Å². The third-order valence-electron chi connectivity index (χ3n) is 7.19. The predicted molar refractivity (Wildman–Crippen MR) is 148 cm³/mol. The van der Waals surface area contributed by atoms with Gasteiger partial charge in [0.15, 0.2) is 0 Å². The van der Waals surface area contributed by atoms with Gasteiger partial charge in [0.1, 0.15) is 11.4 Å². The molecule has 0 saturated carbocycles. The van der Waals surface area contributed by atoms with Gasteiger partial charge in [0.25, 0.3) is 5.91 Å². The molecule has 1 saturated heterocycles. The molecule has 1 fully saturated rings. The van der Waals surface area contributed by atoms with Gasteiger partial charge in [-0.15, -0.1) is 18.3 Å². The molecule has 216 valence electrons. The maximum absolute atomic E-state index is 13.3. The molecule has 5 rings (SSSR count). The van der Waals surface area contributed by atoms with Crippen LogP contribution in [0.5, 0.6) is 5.75 Å². The second kappa shape index (κ2) is 11.2. The Morgan fingerprint density at radius 2 is 1.83 bits per heavy atom. The van der Waals surface area contributed by atoms with Gasteiger partial charge in [-0.3, -0.25) is 9.48 Å². The summed E-state index contributed by atoms with van der Waals surface area (Å²) in [6.45, 7) is 6.79. The number of ether oxygens (including phenoxy) is 1. The molecule has 4 aromatic rings. The molecule has 1 N–H and O–H groups in total. The average molecular weight is 569 g/mol. The van der Waals surface area contributed by atoms with Gasteiger partial charge in [0, 0.05) is 67.0 Å². The highest BCUT2D eigenvalue weighted by Gasteiger charge is 2.31. The molecular formula is C28H31F3N8O2. The van der Waals surface area contributed by atoms with Crippen LogP contribution in [0.2, 0.25) is 0 Å². The lowest BCUT2D eigenvalue weighted by molar-refractivity contribution is -0.274. The summed E-state index contributed by atoms with van der Waals surface area (Å²) in [4.78, 5) is 17.5. The number of aromatic nitrogens is 5. The monoisotopic (exact) mass is 568 g/mol. The summed E-state index contributed by atoms with van der Waals surface area (Å²) < 4.78 is 46.9. The lowest BCUT2D eigenvalue weighted by atomic mass is 10.1. The summed E-state index contributed by atoms with van der Waals surface area (Å²) in [7, 11) is 3.85. The summed E-state index contributed by atoms with van der Waals surface area (Å²) in [5, 5.41) is 15.5. The second-order valence-electron chi connectivity index (χ2n) is 10.2. The molecule has 3 heterocycles. The molecule has 1 aliphatic rings. The molecule has 0 aliphatic carbocycles. The first-order chi connectivity index (χ1) is 19.5. The van der Waals surface area contributed by atoms with Crippen LogP contribution in [0.15, 0.2) is 48.8 Å². The third kappa shape index (κ3) is 6.51. The van der Waals surface area contributed by atoms with Gasteiger partial charge >= 0.3 is 6.36 Å². The largest absolute Gasteiger partial charge is 0.573 e. The van der Waals surface area contributed by atoms with Crippen LogP contribution in [0, 0.1) is 13.8 Å². The number of alkyl halides is 3. The van der Waals surface area contributed by atoms with Crippen molar-refractivity contribution in [1.29, 1.82) is 0 Å². The summed E-state index contributed by atoms with van der Waals surface area (Å²) >= 11 is 0. The zero-order chi connectivity index (χ0) is 29.3. The van der Waals surface area contributed by atoms with Crippen molar-refractivity contribution in [3.8, 4) is 22.7 Å².